The van der Waals surface area contributed by atoms with Gasteiger partial charge in [0.1, 0.15) is 34.5 Å². The average Bonchev–Trinajstić information content (AvgIpc) is 3.23. The number of furan rings is 1. The van der Waals surface area contributed by atoms with Crippen LogP contribution in [0.3, 0.4) is 0 Å². The number of nitrogen functional groups attached to an aromatic ring is 2. The van der Waals surface area contributed by atoms with E-state index in [1.165, 1.54) is 0 Å². The van der Waals surface area contributed by atoms with Crippen molar-refractivity contribution in [2.45, 2.75) is 6.42 Å². The summed E-state index contributed by atoms with van der Waals surface area (Å²) in [6.45, 7) is 1.06. The number of ether oxygens (including phenoxy) is 2. The summed E-state index contributed by atoms with van der Waals surface area (Å²) in [5, 5.41) is 15.9. The molecule has 7 heteroatoms. The van der Waals surface area contributed by atoms with Crippen LogP contribution in [0.25, 0.3) is 22.3 Å². The van der Waals surface area contributed by atoms with Gasteiger partial charge in [0.2, 0.25) is 0 Å². The second-order valence-electron chi connectivity index (χ2n) is 7.29. The first kappa shape index (κ1) is 21.0. The van der Waals surface area contributed by atoms with Crippen molar-refractivity contribution >= 4 is 22.6 Å². The molecule has 0 aliphatic carbocycles. The molecule has 0 saturated carbocycles. The highest BCUT2D eigenvalue weighted by Crippen LogP contribution is 2.29. The summed E-state index contributed by atoms with van der Waals surface area (Å²) >= 11 is 0. The molecular weight excluding hydrogens is 404 g/mol. The Hall–Kier alpha value is -4.26. The molecule has 162 valence electrons. The van der Waals surface area contributed by atoms with Crippen molar-refractivity contribution < 1.29 is 13.9 Å². The topological polar surface area (TPSA) is 131 Å². The lowest BCUT2D eigenvalue weighted by Crippen LogP contribution is -2.10. The van der Waals surface area contributed by atoms with Crippen LogP contribution in [-0.2, 0) is 0 Å². The Balaban J connectivity index is 1.28. The number of benzene rings is 3. The van der Waals surface area contributed by atoms with Crippen molar-refractivity contribution in [1.29, 1.82) is 10.8 Å². The van der Waals surface area contributed by atoms with E-state index in [2.05, 4.69) is 0 Å². The normalized spacial score (nSPS) is 10.8. The molecule has 0 bridgehead atoms. The van der Waals surface area contributed by atoms with E-state index in [-0.39, 0.29) is 11.7 Å². The van der Waals surface area contributed by atoms with E-state index in [9.17, 15) is 0 Å². The Kier molecular flexibility index (Phi) is 6.07. The summed E-state index contributed by atoms with van der Waals surface area (Å²) in [6, 6.07) is 22.3. The van der Waals surface area contributed by atoms with Crippen molar-refractivity contribution in [3.05, 3.63) is 83.9 Å². The van der Waals surface area contributed by atoms with Crippen molar-refractivity contribution in [2.24, 2.45) is 11.5 Å². The molecule has 7 nitrogen and oxygen atoms in total. The number of hydrogen-bond acceptors (Lipinski definition) is 5. The van der Waals surface area contributed by atoms with Crippen LogP contribution in [0.1, 0.15) is 17.5 Å². The van der Waals surface area contributed by atoms with Gasteiger partial charge >= 0.3 is 0 Å². The van der Waals surface area contributed by atoms with E-state index in [4.69, 9.17) is 36.2 Å². The van der Waals surface area contributed by atoms with Crippen LogP contribution in [-0.4, -0.2) is 24.9 Å². The van der Waals surface area contributed by atoms with E-state index >= 15 is 0 Å². The highest BCUT2D eigenvalue weighted by atomic mass is 16.5. The van der Waals surface area contributed by atoms with E-state index in [1.807, 2.05) is 42.5 Å². The molecule has 0 amide bonds. The van der Waals surface area contributed by atoms with Crippen LogP contribution in [0.4, 0.5) is 0 Å². The van der Waals surface area contributed by atoms with Gasteiger partial charge < -0.3 is 25.4 Å². The van der Waals surface area contributed by atoms with E-state index in [0.717, 1.165) is 34.6 Å². The zero-order valence-corrected chi connectivity index (χ0v) is 17.4. The first-order valence-electron chi connectivity index (χ1n) is 10.2. The van der Waals surface area contributed by atoms with Crippen LogP contribution in [0.15, 0.2) is 77.2 Å². The van der Waals surface area contributed by atoms with Crippen LogP contribution < -0.4 is 20.9 Å². The Morgan fingerprint density at radius 1 is 0.719 bits per heavy atom. The number of nitrogens with two attached hydrogens (primary N) is 2. The molecule has 4 aromatic rings. The zero-order chi connectivity index (χ0) is 22.5. The van der Waals surface area contributed by atoms with Crippen molar-refractivity contribution in [3.8, 4) is 22.8 Å². The SMILES string of the molecule is N=C(N)c1ccc(OCCCOc2ccc(-c3cc4ccc(C(=N)N)cc4o3)cc2)cc1. The molecule has 0 unspecified atom stereocenters. The van der Waals surface area contributed by atoms with Gasteiger partial charge in [0.25, 0.3) is 0 Å². The molecule has 0 spiro atoms. The van der Waals surface area contributed by atoms with E-state index in [1.54, 1.807) is 30.3 Å². The first-order valence-corrected chi connectivity index (χ1v) is 10.2. The Morgan fingerprint density at radius 2 is 1.28 bits per heavy atom. The maximum absolute atomic E-state index is 7.56. The fraction of sp³-hybridized carbons (Fsp3) is 0.120. The molecule has 32 heavy (non-hydrogen) atoms. The lowest BCUT2D eigenvalue weighted by atomic mass is 10.1. The molecule has 0 aliphatic rings. The molecule has 0 saturated heterocycles. The molecule has 0 radical (unpaired) electrons. The van der Waals surface area contributed by atoms with Gasteiger partial charge in [-0.25, -0.2) is 0 Å². The van der Waals surface area contributed by atoms with Gasteiger partial charge in [-0.2, -0.15) is 0 Å². The van der Waals surface area contributed by atoms with Gasteiger partial charge in [-0.05, 0) is 60.7 Å². The highest BCUT2D eigenvalue weighted by molar-refractivity contribution is 5.98. The molecule has 1 aromatic heterocycles. The average molecular weight is 428 g/mol. The third kappa shape index (κ3) is 4.89. The Labute approximate surface area is 185 Å². The Morgan fingerprint density at radius 3 is 1.88 bits per heavy atom. The van der Waals surface area contributed by atoms with Gasteiger partial charge in [0.05, 0.1) is 13.2 Å². The number of rotatable bonds is 9. The summed E-state index contributed by atoms with van der Waals surface area (Å²) in [5.41, 5.74) is 13.9. The predicted octanol–water partition coefficient (Wildman–Crippen LogP) is 4.52. The molecule has 3 aromatic carbocycles. The van der Waals surface area contributed by atoms with Crippen LogP contribution in [0, 0.1) is 10.8 Å². The van der Waals surface area contributed by atoms with Gasteiger partial charge in [-0.3, -0.25) is 10.8 Å². The second-order valence-corrected chi connectivity index (χ2v) is 7.29. The first-order chi connectivity index (χ1) is 15.5. The molecule has 4 rings (SSSR count). The minimum absolute atomic E-state index is 0.0163. The number of nitrogens with one attached hydrogen (secondary N) is 2. The molecule has 0 aliphatic heterocycles. The van der Waals surface area contributed by atoms with Gasteiger partial charge in [-0.1, -0.05) is 12.1 Å². The van der Waals surface area contributed by atoms with Gasteiger partial charge in [-0.15, -0.1) is 0 Å². The van der Waals surface area contributed by atoms with Gasteiger partial charge in [0, 0.05) is 28.5 Å². The molecule has 0 atom stereocenters. The summed E-state index contributed by atoms with van der Waals surface area (Å²) in [4.78, 5) is 0. The monoisotopic (exact) mass is 428 g/mol. The van der Waals surface area contributed by atoms with Gasteiger partial charge in [0.15, 0.2) is 0 Å². The minimum atomic E-state index is 0.0163. The fourth-order valence-corrected chi connectivity index (χ4v) is 3.23. The smallest absolute Gasteiger partial charge is 0.135 e. The van der Waals surface area contributed by atoms with E-state index < -0.39 is 0 Å². The lowest BCUT2D eigenvalue weighted by Gasteiger charge is -2.09. The second kappa shape index (κ2) is 9.26. The largest absolute Gasteiger partial charge is 0.493 e. The minimum Gasteiger partial charge on any atom is -0.493 e. The van der Waals surface area contributed by atoms with E-state index in [0.29, 0.717) is 29.9 Å². The third-order valence-corrected chi connectivity index (χ3v) is 4.96. The van der Waals surface area contributed by atoms with Crippen molar-refractivity contribution in [1.82, 2.24) is 0 Å². The summed E-state index contributed by atoms with van der Waals surface area (Å²) in [6.07, 6.45) is 0.734. The molecular formula is C25H24N4O3. The third-order valence-electron chi connectivity index (χ3n) is 4.96. The molecule has 6 N–H and O–H groups in total. The predicted molar refractivity (Wildman–Crippen MR) is 126 cm³/mol. The molecule has 1 heterocycles. The summed E-state index contributed by atoms with van der Waals surface area (Å²) < 4.78 is 17.4. The standard InChI is InChI=1S/C25H24N4O3/c26-24(27)17-6-10-21(11-7-17)31-13-1-12-30-20-8-4-16(5-9-20)22-14-18-2-3-19(25(28)29)15-23(18)32-22/h2-11,14-15H,1,12-13H2,(H3,26,27)(H3,28,29). The highest BCUT2D eigenvalue weighted by Gasteiger charge is 2.08. The number of amidine groups is 2. The fourth-order valence-electron chi connectivity index (χ4n) is 3.23. The maximum Gasteiger partial charge on any atom is 0.135 e. The zero-order valence-electron chi connectivity index (χ0n) is 17.4. The Bertz CT molecular complexity index is 1240. The lowest BCUT2D eigenvalue weighted by molar-refractivity contribution is 0.247. The maximum atomic E-state index is 7.56. The summed E-state index contributed by atoms with van der Waals surface area (Å²) in [7, 11) is 0. The van der Waals surface area contributed by atoms with Crippen LogP contribution in [0.5, 0.6) is 11.5 Å². The van der Waals surface area contributed by atoms with Crippen molar-refractivity contribution in [3.63, 3.8) is 0 Å². The molecule has 0 fully saturated rings. The number of fused-ring (bicyclic) bond motifs is 1. The number of hydrogen-bond donors (Lipinski definition) is 4. The van der Waals surface area contributed by atoms with Crippen molar-refractivity contribution in [2.75, 3.05) is 13.2 Å². The quantitative estimate of drug-likeness (QED) is 0.177. The van der Waals surface area contributed by atoms with Crippen LogP contribution >= 0.6 is 0 Å². The van der Waals surface area contributed by atoms with Crippen LogP contribution in [0.2, 0.25) is 0 Å². The summed E-state index contributed by atoms with van der Waals surface area (Å²) in [5.74, 6) is 2.31.